The van der Waals surface area contributed by atoms with Crippen LogP contribution in [0.15, 0.2) is 47.0 Å². The quantitative estimate of drug-likeness (QED) is 0.629. The van der Waals surface area contributed by atoms with Gasteiger partial charge in [-0.2, -0.15) is 4.98 Å². The van der Waals surface area contributed by atoms with Crippen molar-refractivity contribution in [1.29, 1.82) is 0 Å². The van der Waals surface area contributed by atoms with Gasteiger partial charge in [-0.25, -0.2) is 0 Å². The zero-order valence-electron chi connectivity index (χ0n) is 14.6. The van der Waals surface area contributed by atoms with Gasteiger partial charge in [-0.3, -0.25) is 0 Å². The van der Waals surface area contributed by atoms with Gasteiger partial charge in [-0.15, -0.1) is 0 Å². The fourth-order valence-electron chi connectivity index (χ4n) is 2.87. The summed E-state index contributed by atoms with van der Waals surface area (Å²) in [6, 6.07) is 13.7. The predicted molar refractivity (Wildman–Crippen MR) is 98.9 cm³/mol. The second kappa shape index (κ2) is 7.19. The van der Waals surface area contributed by atoms with Crippen LogP contribution in [-0.2, 0) is 9.47 Å². The number of rotatable bonds is 4. The third-order valence-electron chi connectivity index (χ3n) is 4.38. The van der Waals surface area contributed by atoms with Crippen LogP contribution in [0, 0.1) is 0 Å². The third kappa shape index (κ3) is 3.38. The number of benzene rings is 2. The molecule has 0 N–H and O–H groups in total. The summed E-state index contributed by atoms with van der Waals surface area (Å²) in [5.74, 6) is 1.41. The van der Waals surface area contributed by atoms with Crippen molar-refractivity contribution >= 4 is 11.6 Å². The van der Waals surface area contributed by atoms with Crippen LogP contribution in [-0.4, -0.2) is 23.4 Å². The van der Waals surface area contributed by atoms with E-state index in [1.807, 2.05) is 30.3 Å². The van der Waals surface area contributed by atoms with Crippen molar-refractivity contribution in [2.45, 2.75) is 26.1 Å². The minimum Gasteiger partial charge on any atom is -0.346 e. The van der Waals surface area contributed by atoms with Gasteiger partial charge in [0.25, 0.3) is 5.89 Å². The highest BCUT2D eigenvalue weighted by Gasteiger charge is 2.20. The van der Waals surface area contributed by atoms with E-state index in [9.17, 15) is 0 Å². The Morgan fingerprint density at radius 1 is 1.04 bits per heavy atom. The minimum atomic E-state index is -0.359. The molecule has 4 rings (SSSR count). The number of hydrogen-bond donors (Lipinski definition) is 0. The summed E-state index contributed by atoms with van der Waals surface area (Å²) in [4.78, 5) is 4.49. The first kappa shape index (κ1) is 17.2. The van der Waals surface area contributed by atoms with E-state index in [1.54, 1.807) is 0 Å². The Bertz CT molecular complexity index is 900. The lowest BCUT2D eigenvalue weighted by atomic mass is 10.0. The average Bonchev–Trinajstić information content (AvgIpc) is 3.34. The van der Waals surface area contributed by atoms with E-state index in [-0.39, 0.29) is 6.29 Å². The van der Waals surface area contributed by atoms with Gasteiger partial charge in [0, 0.05) is 16.7 Å². The van der Waals surface area contributed by atoms with Crippen LogP contribution in [0.5, 0.6) is 0 Å². The highest BCUT2D eigenvalue weighted by Crippen LogP contribution is 2.32. The van der Waals surface area contributed by atoms with Crippen LogP contribution in [0.25, 0.3) is 22.8 Å². The fraction of sp³-hybridized carbons (Fsp3) is 0.300. The molecule has 134 valence electrons. The molecule has 0 atom stereocenters. The zero-order chi connectivity index (χ0) is 18.1. The molecule has 0 unspecified atom stereocenters. The van der Waals surface area contributed by atoms with Gasteiger partial charge >= 0.3 is 0 Å². The van der Waals surface area contributed by atoms with Crippen LogP contribution < -0.4 is 0 Å². The molecule has 2 aromatic carbocycles. The summed E-state index contributed by atoms with van der Waals surface area (Å²) < 4.78 is 16.4. The van der Waals surface area contributed by atoms with Gasteiger partial charge in [0.15, 0.2) is 6.29 Å². The van der Waals surface area contributed by atoms with Crippen LogP contribution in [0.2, 0.25) is 5.02 Å². The standard InChI is InChI=1S/C20H19ClN2O3/c1-12(2)13-3-5-14(6-4-13)19-22-18(23-26-19)16-8-7-15(11-17(16)21)20-24-9-10-25-20/h3-8,11-12,20H,9-10H2,1-2H3. The Kier molecular flexibility index (Phi) is 4.76. The van der Waals surface area contributed by atoms with Crippen molar-refractivity contribution < 1.29 is 14.0 Å². The molecule has 0 saturated carbocycles. The van der Waals surface area contributed by atoms with Gasteiger partial charge in [0.05, 0.1) is 18.2 Å². The first-order chi connectivity index (χ1) is 12.6. The van der Waals surface area contributed by atoms with E-state index in [0.29, 0.717) is 41.4 Å². The maximum Gasteiger partial charge on any atom is 0.258 e. The Morgan fingerprint density at radius 3 is 2.42 bits per heavy atom. The summed E-state index contributed by atoms with van der Waals surface area (Å²) in [7, 11) is 0. The van der Waals surface area contributed by atoms with Crippen molar-refractivity contribution in [3.63, 3.8) is 0 Å². The summed E-state index contributed by atoms with van der Waals surface area (Å²) in [5.41, 5.74) is 3.74. The smallest absolute Gasteiger partial charge is 0.258 e. The summed E-state index contributed by atoms with van der Waals surface area (Å²) in [5, 5.41) is 4.61. The minimum absolute atomic E-state index is 0.359. The van der Waals surface area contributed by atoms with Gasteiger partial charge in [-0.1, -0.05) is 48.8 Å². The second-order valence-corrected chi connectivity index (χ2v) is 6.92. The van der Waals surface area contributed by atoms with Gasteiger partial charge in [-0.05, 0) is 35.7 Å². The number of halogens is 1. The molecular formula is C20H19ClN2O3. The number of ether oxygens (including phenoxy) is 2. The van der Waals surface area contributed by atoms with Gasteiger partial charge < -0.3 is 14.0 Å². The molecule has 0 radical (unpaired) electrons. The molecule has 0 aliphatic carbocycles. The Morgan fingerprint density at radius 2 is 1.77 bits per heavy atom. The molecule has 0 spiro atoms. The molecular weight excluding hydrogens is 352 g/mol. The zero-order valence-corrected chi connectivity index (χ0v) is 15.4. The lowest BCUT2D eigenvalue weighted by molar-refractivity contribution is -0.0441. The van der Waals surface area contributed by atoms with Crippen LogP contribution in [0.1, 0.15) is 37.2 Å². The lowest BCUT2D eigenvalue weighted by Gasteiger charge is -2.10. The molecule has 0 amide bonds. The molecule has 1 aliphatic rings. The van der Waals surface area contributed by atoms with E-state index in [4.69, 9.17) is 25.6 Å². The summed E-state index contributed by atoms with van der Waals surface area (Å²) in [6.07, 6.45) is -0.359. The van der Waals surface area contributed by atoms with Crippen molar-refractivity contribution in [1.82, 2.24) is 10.1 Å². The third-order valence-corrected chi connectivity index (χ3v) is 4.69. The molecule has 2 heterocycles. The maximum absolute atomic E-state index is 6.42. The molecule has 6 heteroatoms. The summed E-state index contributed by atoms with van der Waals surface area (Å²) >= 11 is 6.42. The Balaban J connectivity index is 1.59. The number of hydrogen-bond acceptors (Lipinski definition) is 5. The molecule has 1 aromatic heterocycles. The maximum atomic E-state index is 6.42. The second-order valence-electron chi connectivity index (χ2n) is 6.51. The molecule has 5 nitrogen and oxygen atoms in total. The van der Waals surface area contributed by atoms with E-state index in [1.165, 1.54) is 5.56 Å². The van der Waals surface area contributed by atoms with Crippen LogP contribution in [0.4, 0.5) is 0 Å². The lowest BCUT2D eigenvalue weighted by Crippen LogP contribution is -1.98. The molecule has 1 fully saturated rings. The molecule has 1 aliphatic heterocycles. The average molecular weight is 371 g/mol. The van der Waals surface area contributed by atoms with Crippen molar-refractivity contribution in [3.8, 4) is 22.8 Å². The van der Waals surface area contributed by atoms with E-state index < -0.39 is 0 Å². The van der Waals surface area contributed by atoms with Crippen molar-refractivity contribution in [3.05, 3.63) is 58.6 Å². The first-order valence-corrected chi connectivity index (χ1v) is 8.96. The van der Waals surface area contributed by atoms with Crippen molar-refractivity contribution in [2.75, 3.05) is 13.2 Å². The van der Waals surface area contributed by atoms with Crippen LogP contribution in [0.3, 0.4) is 0 Å². The number of nitrogens with zero attached hydrogens (tertiary/aromatic N) is 2. The van der Waals surface area contributed by atoms with Gasteiger partial charge in [0.2, 0.25) is 5.82 Å². The normalized spacial score (nSPS) is 15.1. The van der Waals surface area contributed by atoms with Crippen LogP contribution >= 0.6 is 11.6 Å². The van der Waals surface area contributed by atoms with Crippen molar-refractivity contribution in [2.24, 2.45) is 0 Å². The monoisotopic (exact) mass is 370 g/mol. The van der Waals surface area contributed by atoms with Gasteiger partial charge in [0.1, 0.15) is 0 Å². The molecule has 0 bridgehead atoms. The molecule has 1 saturated heterocycles. The topological polar surface area (TPSA) is 57.4 Å². The SMILES string of the molecule is CC(C)c1ccc(-c2nc(-c3ccc(C4OCCO4)cc3Cl)no2)cc1. The molecule has 3 aromatic rings. The fourth-order valence-corrected chi connectivity index (χ4v) is 3.14. The highest BCUT2D eigenvalue weighted by atomic mass is 35.5. The molecule has 26 heavy (non-hydrogen) atoms. The Hall–Kier alpha value is -2.21. The number of aromatic nitrogens is 2. The highest BCUT2D eigenvalue weighted by molar-refractivity contribution is 6.33. The van der Waals surface area contributed by atoms with E-state index in [0.717, 1.165) is 11.1 Å². The Labute approximate surface area is 156 Å². The predicted octanol–water partition coefficient (Wildman–Crippen LogP) is 5.23. The van der Waals surface area contributed by atoms with E-state index >= 15 is 0 Å². The van der Waals surface area contributed by atoms with E-state index in [2.05, 4.69) is 36.1 Å². The summed E-state index contributed by atoms with van der Waals surface area (Å²) in [6.45, 7) is 5.50. The largest absolute Gasteiger partial charge is 0.346 e. The first-order valence-electron chi connectivity index (χ1n) is 8.59.